The van der Waals surface area contributed by atoms with Gasteiger partial charge in [0.25, 0.3) is 0 Å². The number of hydrogen-bond donors (Lipinski definition) is 2. The quantitative estimate of drug-likeness (QED) is 0.256. The molecular formula is C31H31N3O5. The van der Waals surface area contributed by atoms with Gasteiger partial charge in [-0.25, -0.2) is 4.79 Å². The Morgan fingerprint density at radius 3 is 2.18 bits per heavy atom. The number of carbonyl (C=O) groups excluding carboxylic acids is 1. The van der Waals surface area contributed by atoms with Gasteiger partial charge in [0.2, 0.25) is 0 Å². The number of rotatable bonds is 10. The van der Waals surface area contributed by atoms with Crippen molar-refractivity contribution in [2.45, 2.75) is 31.3 Å². The zero-order chi connectivity index (χ0) is 27.4. The van der Waals surface area contributed by atoms with Crippen LogP contribution in [0, 0.1) is 0 Å². The topological polar surface area (TPSA) is 103 Å². The number of hydrogen-bond acceptors (Lipinski definition) is 5. The number of amides is 1. The third-order valence-electron chi connectivity index (χ3n) is 7.18. The van der Waals surface area contributed by atoms with Gasteiger partial charge in [0, 0.05) is 19.2 Å². The number of anilines is 1. The van der Waals surface area contributed by atoms with Crippen LogP contribution in [0.5, 0.6) is 0 Å². The van der Waals surface area contributed by atoms with Crippen LogP contribution in [-0.4, -0.2) is 40.2 Å². The average molecular weight is 526 g/mol. The smallest absolute Gasteiger partial charge is 0.413 e. The number of carbonyl (C=O) groups is 2. The van der Waals surface area contributed by atoms with E-state index in [0.29, 0.717) is 25.3 Å². The number of aromatic nitrogens is 2. The second-order valence-corrected chi connectivity index (χ2v) is 9.66. The fourth-order valence-electron chi connectivity index (χ4n) is 4.72. The van der Waals surface area contributed by atoms with Gasteiger partial charge in [-0.05, 0) is 47.6 Å². The Morgan fingerprint density at radius 1 is 0.974 bits per heavy atom. The summed E-state index contributed by atoms with van der Waals surface area (Å²) in [4.78, 5) is 24.5. The van der Waals surface area contributed by atoms with E-state index in [0.717, 1.165) is 33.4 Å². The Labute approximate surface area is 227 Å². The maximum atomic E-state index is 12.9. The minimum Gasteiger partial charge on any atom is -0.481 e. The van der Waals surface area contributed by atoms with Crippen molar-refractivity contribution in [1.29, 1.82) is 0 Å². The van der Waals surface area contributed by atoms with Crippen LogP contribution in [0.2, 0.25) is 0 Å². The Hall–Kier alpha value is -4.43. The van der Waals surface area contributed by atoms with Crippen LogP contribution in [-0.2, 0) is 26.7 Å². The molecule has 1 saturated carbocycles. The summed E-state index contributed by atoms with van der Waals surface area (Å²) in [6.07, 6.45) is 1.93. The van der Waals surface area contributed by atoms with Crippen LogP contribution in [0.3, 0.4) is 0 Å². The standard InChI is InChI=1S/C31H31N3O5/c1-3-38-20-27(24-7-5-4-6-8-24)39-30(37)33-28-26(19-32-34(28)2)23-11-9-21(10-12-23)22-13-15-25(16-14-22)31(17-18-31)29(35)36/h4-16,19,27H,3,17-18,20H2,1-2H3,(H,33,37)(H,35,36). The van der Waals surface area contributed by atoms with E-state index in [2.05, 4.69) is 10.4 Å². The SMILES string of the molecule is CCOCC(OC(=O)Nc1c(-c2ccc(-c3ccc(C4(C(=O)O)CC4)cc3)cc2)cnn1C)c1ccccc1. The Bertz CT molecular complexity index is 1440. The number of aliphatic carboxylic acids is 1. The molecule has 4 aromatic rings. The van der Waals surface area contributed by atoms with Crippen LogP contribution in [0.1, 0.15) is 37.0 Å². The van der Waals surface area contributed by atoms with E-state index in [1.165, 1.54) is 0 Å². The first-order valence-electron chi connectivity index (χ1n) is 13.0. The summed E-state index contributed by atoms with van der Waals surface area (Å²) in [7, 11) is 1.76. The summed E-state index contributed by atoms with van der Waals surface area (Å²) in [6, 6.07) is 25.2. The van der Waals surface area contributed by atoms with E-state index in [4.69, 9.17) is 9.47 Å². The number of carboxylic acid groups (broad SMARTS) is 1. The molecule has 2 N–H and O–H groups in total. The highest BCUT2D eigenvalue weighted by molar-refractivity contribution is 5.90. The number of nitrogens with one attached hydrogen (secondary N) is 1. The zero-order valence-electron chi connectivity index (χ0n) is 22.0. The summed E-state index contributed by atoms with van der Waals surface area (Å²) >= 11 is 0. The van der Waals surface area contributed by atoms with Gasteiger partial charge in [-0.1, -0.05) is 78.9 Å². The second-order valence-electron chi connectivity index (χ2n) is 9.66. The van der Waals surface area contributed by atoms with Crippen LogP contribution in [0.25, 0.3) is 22.3 Å². The molecule has 1 unspecified atom stereocenters. The predicted molar refractivity (Wildman–Crippen MR) is 148 cm³/mol. The summed E-state index contributed by atoms with van der Waals surface area (Å²) in [5.41, 5.74) is 4.64. The molecule has 8 heteroatoms. The first-order chi connectivity index (χ1) is 18.9. The molecule has 8 nitrogen and oxygen atoms in total. The molecule has 1 amide bonds. The minimum atomic E-state index is -0.755. The van der Waals surface area contributed by atoms with Crippen molar-refractivity contribution >= 4 is 17.9 Å². The fourth-order valence-corrected chi connectivity index (χ4v) is 4.72. The summed E-state index contributed by atoms with van der Waals surface area (Å²) in [5, 5.41) is 16.7. The Kier molecular flexibility index (Phi) is 7.47. The van der Waals surface area contributed by atoms with Crippen LogP contribution in [0.15, 0.2) is 85.1 Å². The monoisotopic (exact) mass is 525 g/mol. The Balaban J connectivity index is 1.30. The molecule has 200 valence electrons. The first kappa shape index (κ1) is 26.2. The number of aryl methyl sites for hydroxylation is 1. The molecule has 1 atom stereocenters. The first-order valence-corrected chi connectivity index (χ1v) is 13.0. The Morgan fingerprint density at radius 2 is 1.59 bits per heavy atom. The van der Waals surface area contributed by atoms with Gasteiger partial charge in [0.15, 0.2) is 6.10 Å². The normalized spacial score (nSPS) is 14.4. The molecule has 1 aliphatic carbocycles. The molecule has 1 fully saturated rings. The van der Waals surface area contributed by atoms with Crippen molar-refractivity contribution < 1.29 is 24.2 Å². The summed E-state index contributed by atoms with van der Waals surface area (Å²) in [5.74, 6) is -0.238. The molecule has 0 aliphatic heterocycles. The zero-order valence-corrected chi connectivity index (χ0v) is 22.0. The molecule has 1 aliphatic rings. The molecule has 39 heavy (non-hydrogen) atoms. The van der Waals surface area contributed by atoms with Gasteiger partial charge in [0.05, 0.1) is 18.2 Å². The van der Waals surface area contributed by atoms with Crippen LogP contribution >= 0.6 is 0 Å². The number of benzene rings is 3. The maximum Gasteiger partial charge on any atom is 0.413 e. The second kappa shape index (κ2) is 11.1. The molecular weight excluding hydrogens is 494 g/mol. The highest BCUT2D eigenvalue weighted by atomic mass is 16.6. The maximum absolute atomic E-state index is 12.9. The van der Waals surface area contributed by atoms with Crippen molar-refractivity contribution in [3.05, 3.63) is 96.2 Å². The lowest BCUT2D eigenvalue weighted by molar-refractivity contribution is -0.140. The van der Waals surface area contributed by atoms with E-state index in [1.807, 2.05) is 85.8 Å². The largest absolute Gasteiger partial charge is 0.481 e. The molecule has 0 spiro atoms. The molecule has 1 aromatic heterocycles. The van der Waals surface area contributed by atoms with Gasteiger partial charge in [-0.3, -0.25) is 14.8 Å². The van der Waals surface area contributed by atoms with Crippen molar-refractivity contribution in [2.24, 2.45) is 7.05 Å². The fraction of sp³-hybridized carbons (Fsp3) is 0.258. The third kappa shape index (κ3) is 5.56. The van der Waals surface area contributed by atoms with Gasteiger partial charge in [0.1, 0.15) is 5.82 Å². The molecule has 0 radical (unpaired) electrons. The molecule has 0 saturated heterocycles. The lowest BCUT2D eigenvalue weighted by atomic mass is 9.93. The number of ether oxygens (including phenoxy) is 2. The van der Waals surface area contributed by atoms with Gasteiger partial charge in [-0.15, -0.1) is 0 Å². The van der Waals surface area contributed by atoms with E-state index >= 15 is 0 Å². The number of nitrogens with zero attached hydrogens (tertiary/aromatic N) is 2. The minimum absolute atomic E-state index is 0.256. The van der Waals surface area contributed by atoms with E-state index in [9.17, 15) is 14.7 Å². The number of carboxylic acids is 1. The van der Waals surface area contributed by atoms with Crippen molar-refractivity contribution in [2.75, 3.05) is 18.5 Å². The molecule has 0 bridgehead atoms. The van der Waals surface area contributed by atoms with E-state index in [1.54, 1.807) is 17.9 Å². The van der Waals surface area contributed by atoms with Gasteiger partial charge in [-0.2, -0.15) is 5.10 Å². The average Bonchev–Trinajstić information content (AvgIpc) is 3.71. The predicted octanol–water partition coefficient (Wildman–Crippen LogP) is 6.20. The lowest BCUT2D eigenvalue weighted by Crippen LogP contribution is -2.22. The van der Waals surface area contributed by atoms with Crippen LogP contribution in [0.4, 0.5) is 10.6 Å². The highest BCUT2D eigenvalue weighted by Gasteiger charge is 2.51. The molecule has 1 heterocycles. The molecule has 3 aromatic carbocycles. The highest BCUT2D eigenvalue weighted by Crippen LogP contribution is 2.48. The summed E-state index contributed by atoms with van der Waals surface area (Å²) in [6.45, 7) is 2.67. The third-order valence-corrected chi connectivity index (χ3v) is 7.18. The van der Waals surface area contributed by atoms with Crippen LogP contribution < -0.4 is 5.32 Å². The molecule has 5 rings (SSSR count). The van der Waals surface area contributed by atoms with E-state index < -0.39 is 23.6 Å². The van der Waals surface area contributed by atoms with Crippen molar-refractivity contribution in [3.8, 4) is 22.3 Å². The van der Waals surface area contributed by atoms with Crippen molar-refractivity contribution in [3.63, 3.8) is 0 Å². The summed E-state index contributed by atoms with van der Waals surface area (Å²) < 4.78 is 12.9. The lowest BCUT2D eigenvalue weighted by Gasteiger charge is -2.19. The van der Waals surface area contributed by atoms with E-state index in [-0.39, 0.29) is 6.61 Å². The van der Waals surface area contributed by atoms with Gasteiger partial charge < -0.3 is 14.6 Å². The van der Waals surface area contributed by atoms with Gasteiger partial charge >= 0.3 is 12.1 Å². The van der Waals surface area contributed by atoms with Crippen molar-refractivity contribution in [1.82, 2.24) is 9.78 Å².